The summed E-state index contributed by atoms with van der Waals surface area (Å²) in [4.78, 5) is 24.3. The molecule has 0 unspecified atom stereocenters. The van der Waals surface area contributed by atoms with Gasteiger partial charge >= 0.3 is 11.9 Å². The monoisotopic (exact) mass is 415 g/mol. The molecule has 7 nitrogen and oxygen atoms in total. The second-order valence-corrected chi connectivity index (χ2v) is 7.21. The van der Waals surface area contributed by atoms with Crippen LogP contribution >= 0.6 is 0 Å². The number of carboxylic acid groups (broad SMARTS) is 1. The zero-order chi connectivity index (χ0) is 21.9. The molecule has 162 valence electrons. The standard InChI is InChI=1S/C23H29NO6/c1-24(2)15-20(30-23(27)14-22(25)26)16-29-21-7-5-4-6-18(21)11-8-17-9-12-19(28-3)13-10-17/h4-7,9-10,12-13,20H,8,11,14-16H2,1-3H3,(H,25,26)/t20-/m0/s1. The summed E-state index contributed by atoms with van der Waals surface area (Å²) >= 11 is 0. The molecule has 0 spiro atoms. The summed E-state index contributed by atoms with van der Waals surface area (Å²) < 4.78 is 16.4. The predicted molar refractivity (Wildman–Crippen MR) is 113 cm³/mol. The number of likely N-dealkylation sites (N-methyl/N-ethyl adjacent to an activating group) is 1. The third-order valence-corrected chi connectivity index (χ3v) is 4.40. The molecule has 30 heavy (non-hydrogen) atoms. The SMILES string of the molecule is COc1ccc(CCc2ccccc2OC[C@H](CN(C)C)OC(=O)CC(=O)O)cc1. The number of benzene rings is 2. The van der Waals surface area contributed by atoms with Gasteiger partial charge in [0.2, 0.25) is 0 Å². The van der Waals surface area contributed by atoms with Gasteiger partial charge in [0, 0.05) is 6.54 Å². The van der Waals surface area contributed by atoms with Gasteiger partial charge in [0.1, 0.15) is 30.6 Å². The Kier molecular flexibility index (Phi) is 9.15. The number of aliphatic carboxylic acids is 1. The number of para-hydroxylation sites is 1. The Bertz CT molecular complexity index is 819. The average Bonchev–Trinajstić information content (AvgIpc) is 2.70. The minimum Gasteiger partial charge on any atom is -0.497 e. The van der Waals surface area contributed by atoms with E-state index >= 15 is 0 Å². The van der Waals surface area contributed by atoms with Crippen molar-refractivity contribution in [2.75, 3.05) is 34.4 Å². The van der Waals surface area contributed by atoms with Crippen molar-refractivity contribution >= 4 is 11.9 Å². The highest BCUT2D eigenvalue weighted by Crippen LogP contribution is 2.21. The number of hydrogen-bond acceptors (Lipinski definition) is 6. The first-order valence-corrected chi connectivity index (χ1v) is 9.77. The summed E-state index contributed by atoms with van der Waals surface area (Å²) in [7, 11) is 5.34. The van der Waals surface area contributed by atoms with E-state index < -0.39 is 24.5 Å². The molecule has 0 aliphatic rings. The summed E-state index contributed by atoms with van der Waals surface area (Å²) in [6.07, 6.45) is 0.405. The van der Waals surface area contributed by atoms with E-state index in [1.807, 2.05) is 67.5 Å². The van der Waals surface area contributed by atoms with Crippen molar-refractivity contribution in [2.45, 2.75) is 25.4 Å². The van der Waals surface area contributed by atoms with Crippen molar-refractivity contribution in [3.63, 3.8) is 0 Å². The molecule has 2 aromatic carbocycles. The molecular weight excluding hydrogens is 386 g/mol. The van der Waals surface area contributed by atoms with Gasteiger partial charge in [-0.25, -0.2) is 0 Å². The number of carboxylic acids is 1. The number of esters is 1. The molecule has 1 N–H and O–H groups in total. The molecule has 0 aliphatic heterocycles. The molecule has 2 rings (SSSR count). The molecule has 1 atom stereocenters. The molecule has 0 aliphatic carbocycles. The van der Waals surface area contributed by atoms with Gasteiger partial charge < -0.3 is 24.2 Å². The van der Waals surface area contributed by atoms with Crippen LogP contribution in [0.5, 0.6) is 11.5 Å². The molecule has 0 amide bonds. The number of carbonyl (C=O) groups excluding carboxylic acids is 1. The lowest BCUT2D eigenvalue weighted by Gasteiger charge is -2.22. The van der Waals surface area contributed by atoms with Crippen molar-refractivity contribution in [1.29, 1.82) is 0 Å². The van der Waals surface area contributed by atoms with Crippen LogP contribution in [-0.4, -0.2) is 62.4 Å². The van der Waals surface area contributed by atoms with Gasteiger partial charge in [0.15, 0.2) is 0 Å². The first-order valence-electron chi connectivity index (χ1n) is 9.77. The van der Waals surface area contributed by atoms with E-state index in [1.54, 1.807) is 7.11 Å². The van der Waals surface area contributed by atoms with Crippen LogP contribution in [0.3, 0.4) is 0 Å². The minimum atomic E-state index is -1.21. The van der Waals surface area contributed by atoms with Gasteiger partial charge in [-0.2, -0.15) is 0 Å². The van der Waals surface area contributed by atoms with Gasteiger partial charge in [-0.3, -0.25) is 9.59 Å². The van der Waals surface area contributed by atoms with Crippen LogP contribution in [0.1, 0.15) is 17.5 Å². The van der Waals surface area contributed by atoms with Gasteiger partial charge in [-0.15, -0.1) is 0 Å². The fourth-order valence-corrected chi connectivity index (χ4v) is 2.99. The fraction of sp³-hybridized carbons (Fsp3) is 0.391. The van der Waals surface area contributed by atoms with Crippen molar-refractivity contribution in [1.82, 2.24) is 4.90 Å². The summed E-state index contributed by atoms with van der Waals surface area (Å²) in [5, 5.41) is 8.76. The molecule has 7 heteroatoms. The lowest BCUT2D eigenvalue weighted by atomic mass is 10.0. The third-order valence-electron chi connectivity index (χ3n) is 4.40. The molecule has 0 fully saturated rings. The predicted octanol–water partition coefficient (Wildman–Crippen LogP) is 2.81. The number of nitrogens with zero attached hydrogens (tertiary/aromatic N) is 1. The lowest BCUT2D eigenvalue weighted by molar-refractivity contribution is -0.156. The van der Waals surface area contributed by atoms with Gasteiger partial charge in [-0.1, -0.05) is 30.3 Å². The second kappa shape index (κ2) is 11.8. The Morgan fingerprint density at radius 1 is 1.03 bits per heavy atom. The van der Waals surface area contributed by atoms with E-state index in [1.165, 1.54) is 5.56 Å². The molecule has 0 saturated heterocycles. The second-order valence-electron chi connectivity index (χ2n) is 7.21. The molecular formula is C23H29NO6. The maximum absolute atomic E-state index is 11.7. The van der Waals surface area contributed by atoms with Crippen molar-refractivity contribution in [3.8, 4) is 11.5 Å². The maximum atomic E-state index is 11.7. The quantitative estimate of drug-likeness (QED) is 0.421. The zero-order valence-corrected chi connectivity index (χ0v) is 17.7. The van der Waals surface area contributed by atoms with Crippen molar-refractivity contribution in [2.24, 2.45) is 0 Å². The fourth-order valence-electron chi connectivity index (χ4n) is 2.99. The van der Waals surface area contributed by atoms with E-state index in [0.29, 0.717) is 6.54 Å². The first kappa shape index (κ1) is 23.2. The highest BCUT2D eigenvalue weighted by molar-refractivity contribution is 5.90. The summed E-state index contributed by atoms with van der Waals surface area (Å²) in [5.74, 6) is -0.435. The molecule has 2 aromatic rings. The number of rotatable bonds is 12. The largest absolute Gasteiger partial charge is 0.497 e. The van der Waals surface area contributed by atoms with Crippen molar-refractivity contribution < 1.29 is 28.9 Å². The highest BCUT2D eigenvalue weighted by Gasteiger charge is 2.19. The van der Waals surface area contributed by atoms with Gasteiger partial charge in [-0.05, 0) is 56.3 Å². The smallest absolute Gasteiger partial charge is 0.317 e. The first-order chi connectivity index (χ1) is 14.4. The summed E-state index contributed by atoms with van der Waals surface area (Å²) in [6, 6.07) is 15.7. The Labute approximate surface area is 177 Å². The Morgan fingerprint density at radius 3 is 2.37 bits per heavy atom. The van der Waals surface area contributed by atoms with E-state index in [-0.39, 0.29) is 6.61 Å². The van der Waals surface area contributed by atoms with Crippen LogP contribution < -0.4 is 9.47 Å². The van der Waals surface area contributed by atoms with Crippen LogP contribution in [0, 0.1) is 0 Å². The van der Waals surface area contributed by atoms with Crippen LogP contribution in [0.25, 0.3) is 0 Å². The number of methoxy groups -OCH3 is 1. The minimum absolute atomic E-state index is 0.142. The number of ether oxygens (including phenoxy) is 3. The zero-order valence-electron chi connectivity index (χ0n) is 17.7. The summed E-state index contributed by atoms with van der Waals surface area (Å²) in [5.41, 5.74) is 2.24. The van der Waals surface area contributed by atoms with Crippen LogP contribution in [-0.2, 0) is 27.2 Å². The Hall–Kier alpha value is -3.06. The van der Waals surface area contributed by atoms with Gasteiger partial charge in [0.05, 0.1) is 7.11 Å². The Morgan fingerprint density at radius 2 is 1.73 bits per heavy atom. The Balaban J connectivity index is 1.98. The number of carbonyl (C=O) groups is 2. The molecule has 0 heterocycles. The third kappa shape index (κ3) is 8.13. The lowest BCUT2D eigenvalue weighted by Crippen LogP contribution is -2.35. The van der Waals surface area contributed by atoms with Crippen LogP contribution in [0.2, 0.25) is 0 Å². The molecule has 0 bridgehead atoms. The van der Waals surface area contributed by atoms with Gasteiger partial charge in [0.25, 0.3) is 0 Å². The van der Waals surface area contributed by atoms with E-state index in [4.69, 9.17) is 19.3 Å². The van der Waals surface area contributed by atoms with E-state index in [2.05, 4.69) is 0 Å². The average molecular weight is 415 g/mol. The maximum Gasteiger partial charge on any atom is 0.317 e. The van der Waals surface area contributed by atoms with E-state index in [9.17, 15) is 9.59 Å². The molecule has 0 saturated carbocycles. The highest BCUT2D eigenvalue weighted by atomic mass is 16.6. The summed E-state index contributed by atoms with van der Waals surface area (Å²) in [6.45, 7) is 0.572. The molecule has 0 radical (unpaired) electrons. The molecule has 0 aromatic heterocycles. The van der Waals surface area contributed by atoms with Crippen LogP contribution in [0.15, 0.2) is 48.5 Å². The van der Waals surface area contributed by atoms with Crippen LogP contribution in [0.4, 0.5) is 0 Å². The van der Waals surface area contributed by atoms with Crippen molar-refractivity contribution in [3.05, 3.63) is 59.7 Å². The topological polar surface area (TPSA) is 85.3 Å². The normalized spacial score (nSPS) is 11.7. The van der Waals surface area contributed by atoms with E-state index in [0.717, 1.165) is 29.9 Å². The number of aryl methyl sites for hydroxylation is 2. The number of hydrogen-bond donors (Lipinski definition) is 1.